The minimum Gasteiger partial charge on any atom is -0.480 e. The molecule has 2 amide bonds. The van der Waals surface area contributed by atoms with E-state index in [4.69, 9.17) is 0 Å². The summed E-state index contributed by atoms with van der Waals surface area (Å²) in [5.74, 6) is -1.99. The number of hydrogen-bond donors (Lipinski definition) is 3. The minimum atomic E-state index is -1.12. The first-order chi connectivity index (χ1) is 12.8. The van der Waals surface area contributed by atoms with Crippen LogP contribution in [0.25, 0.3) is 0 Å². The fourth-order valence-electron chi connectivity index (χ4n) is 2.74. The molecule has 27 heavy (non-hydrogen) atoms. The smallest absolute Gasteiger partial charge is 0.326 e. The molecule has 0 heterocycles. The second kappa shape index (κ2) is 9.52. The van der Waals surface area contributed by atoms with Crippen LogP contribution in [0.1, 0.15) is 23.6 Å². The Balaban J connectivity index is 2.10. The van der Waals surface area contributed by atoms with Crippen LogP contribution in [0.2, 0.25) is 0 Å². The lowest BCUT2D eigenvalue weighted by Gasteiger charge is -2.21. The Morgan fingerprint density at radius 3 is 1.96 bits per heavy atom. The van der Waals surface area contributed by atoms with E-state index < -0.39 is 24.0 Å². The van der Waals surface area contributed by atoms with Crippen LogP contribution in [0.4, 0.5) is 0 Å². The second-order valence-corrected chi connectivity index (χ2v) is 6.53. The lowest BCUT2D eigenvalue weighted by molar-refractivity contribution is -0.142. The van der Waals surface area contributed by atoms with Gasteiger partial charge in [-0.25, -0.2) is 4.79 Å². The minimum absolute atomic E-state index is 0.166. The van der Waals surface area contributed by atoms with E-state index in [0.717, 1.165) is 16.7 Å². The number of benzene rings is 2. The first-order valence-corrected chi connectivity index (χ1v) is 8.75. The van der Waals surface area contributed by atoms with Gasteiger partial charge in [-0.05, 0) is 18.1 Å². The number of aliphatic carboxylic acids is 1. The Morgan fingerprint density at radius 1 is 0.852 bits per heavy atom. The number of carbonyl (C=O) groups excluding carboxylic acids is 2. The molecule has 0 aromatic heterocycles. The topological polar surface area (TPSA) is 95.5 Å². The van der Waals surface area contributed by atoms with Gasteiger partial charge in [0.2, 0.25) is 11.8 Å². The lowest BCUT2D eigenvalue weighted by Crippen LogP contribution is -2.52. The maximum atomic E-state index is 12.7. The van der Waals surface area contributed by atoms with Crippen LogP contribution in [0.15, 0.2) is 54.6 Å². The summed E-state index contributed by atoms with van der Waals surface area (Å²) < 4.78 is 0. The van der Waals surface area contributed by atoms with E-state index in [-0.39, 0.29) is 18.7 Å². The second-order valence-electron chi connectivity index (χ2n) is 6.53. The van der Waals surface area contributed by atoms with Gasteiger partial charge < -0.3 is 15.7 Å². The molecule has 0 saturated carbocycles. The van der Waals surface area contributed by atoms with E-state index in [1.54, 1.807) is 0 Å². The van der Waals surface area contributed by atoms with E-state index in [1.165, 1.54) is 6.92 Å². The molecule has 2 aromatic rings. The highest BCUT2D eigenvalue weighted by atomic mass is 16.4. The molecule has 2 atom stereocenters. The van der Waals surface area contributed by atoms with Crippen molar-refractivity contribution < 1.29 is 19.5 Å². The molecule has 2 rings (SSSR count). The highest BCUT2D eigenvalue weighted by Crippen LogP contribution is 2.08. The number of nitrogens with one attached hydrogen (secondary N) is 2. The molecule has 0 bridgehead atoms. The van der Waals surface area contributed by atoms with Gasteiger partial charge in [0, 0.05) is 19.8 Å². The predicted octanol–water partition coefficient (Wildman–Crippen LogP) is 1.85. The summed E-state index contributed by atoms with van der Waals surface area (Å²) in [4.78, 5) is 35.7. The Bertz CT molecular complexity index is 788. The monoisotopic (exact) mass is 368 g/mol. The molecule has 142 valence electrons. The molecule has 0 saturated heterocycles. The molecule has 0 aliphatic heterocycles. The molecule has 0 radical (unpaired) electrons. The number of aryl methyl sites for hydroxylation is 1. The summed E-state index contributed by atoms with van der Waals surface area (Å²) >= 11 is 0. The third-order valence-corrected chi connectivity index (χ3v) is 4.15. The third kappa shape index (κ3) is 6.58. The predicted molar refractivity (Wildman–Crippen MR) is 102 cm³/mol. The van der Waals surface area contributed by atoms with Crippen LogP contribution in [-0.2, 0) is 27.2 Å². The fourth-order valence-corrected chi connectivity index (χ4v) is 2.74. The van der Waals surface area contributed by atoms with E-state index in [0.29, 0.717) is 0 Å². The molecule has 3 N–H and O–H groups in total. The number of amides is 2. The summed E-state index contributed by atoms with van der Waals surface area (Å²) in [7, 11) is 0. The average molecular weight is 368 g/mol. The zero-order valence-corrected chi connectivity index (χ0v) is 15.4. The molecule has 0 unspecified atom stereocenters. The van der Waals surface area contributed by atoms with Crippen LogP contribution in [0, 0.1) is 6.92 Å². The SMILES string of the molecule is CC(=O)N[C@H](Cc1ccccc1)C(=O)N[C@@H](Cc1ccc(C)cc1)C(=O)O. The Hall–Kier alpha value is -3.15. The summed E-state index contributed by atoms with van der Waals surface area (Å²) in [5.41, 5.74) is 2.76. The summed E-state index contributed by atoms with van der Waals surface area (Å²) in [5, 5.41) is 14.6. The van der Waals surface area contributed by atoms with Gasteiger partial charge in [-0.1, -0.05) is 60.2 Å². The lowest BCUT2D eigenvalue weighted by atomic mass is 10.0. The van der Waals surface area contributed by atoms with Crippen molar-refractivity contribution in [3.63, 3.8) is 0 Å². The van der Waals surface area contributed by atoms with Crippen molar-refractivity contribution in [2.24, 2.45) is 0 Å². The van der Waals surface area contributed by atoms with Crippen LogP contribution >= 0.6 is 0 Å². The van der Waals surface area contributed by atoms with Crippen molar-refractivity contribution in [3.05, 3.63) is 71.3 Å². The van der Waals surface area contributed by atoms with Crippen molar-refractivity contribution in [2.45, 2.75) is 38.8 Å². The van der Waals surface area contributed by atoms with E-state index >= 15 is 0 Å². The van der Waals surface area contributed by atoms with Gasteiger partial charge in [0.15, 0.2) is 0 Å². The number of carboxylic acids is 1. The standard InChI is InChI=1S/C21H24N2O4/c1-14-8-10-17(11-9-14)13-19(21(26)27)23-20(25)18(22-15(2)24)12-16-6-4-3-5-7-16/h3-11,18-19H,12-13H2,1-2H3,(H,22,24)(H,23,25)(H,26,27)/t18-,19+/m1/s1. The van der Waals surface area contributed by atoms with Crippen LogP contribution in [0.5, 0.6) is 0 Å². The van der Waals surface area contributed by atoms with Gasteiger partial charge in [-0.15, -0.1) is 0 Å². The largest absolute Gasteiger partial charge is 0.480 e. The number of rotatable bonds is 8. The third-order valence-electron chi connectivity index (χ3n) is 4.15. The Labute approximate surface area is 158 Å². The van der Waals surface area contributed by atoms with Crippen molar-refractivity contribution in [3.8, 4) is 0 Å². The number of carbonyl (C=O) groups is 3. The number of hydrogen-bond acceptors (Lipinski definition) is 3. The molecule has 6 nitrogen and oxygen atoms in total. The van der Waals surface area contributed by atoms with E-state index in [9.17, 15) is 19.5 Å². The van der Waals surface area contributed by atoms with Gasteiger partial charge in [-0.2, -0.15) is 0 Å². The zero-order chi connectivity index (χ0) is 19.8. The molecule has 2 aromatic carbocycles. The van der Waals surface area contributed by atoms with Gasteiger partial charge >= 0.3 is 5.97 Å². The van der Waals surface area contributed by atoms with Gasteiger partial charge in [0.25, 0.3) is 0 Å². The number of carboxylic acid groups (broad SMARTS) is 1. The van der Waals surface area contributed by atoms with Crippen molar-refractivity contribution >= 4 is 17.8 Å². The maximum absolute atomic E-state index is 12.7. The zero-order valence-electron chi connectivity index (χ0n) is 15.4. The summed E-state index contributed by atoms with van der Waals surface area (Å²) in [6.45, 7) is 3.27. The molecule has 0 aliphatic rings. The molecule has 0 aliphatic carbocycles. The van der Waals surface area contributed by atoms with Gasteiger partial charge in [-0.3, -0.25) is 9.59 Å². The van der Waals surface area contributed by atoms with Crippen LogP contribution in [-0.4, -0.2) is 35.0 Å². The van der Waals surface area contributed by atoms with Crippen molar-refractivity contribution in [2.75, 3.05) is 0 Å². The summed E-state index contributed by atoms with van der Waals surface area (Å²) in [6, 6.07) is 14.8. The summed E-state index contributed by atoms with van der Waals surface area (Å²) in [6.07, 6.45) is 0.447. The average Bonchev–Trinajstić information content (AvgIpc) is 2.62. The molecule has 6 heteroatoms. The Kier molecular flexibility index (Phi) is 7.11. The molecule has 0 spiro atoms. The highest BCUT2D eigenvalue weighted by Gasteiger charge is 2.26. The Morgan fingerprint density at radius 2 is 1.41 bits per heavy atom. The normalized spacial score (nSPS) is 12.7. The van der Waals surface area contributed by atoms with Crippen LogP contribution in [0.3, 0.4) is 0 Å². The molecular formula is C21H24N2O4. The molecule has 0 fully saturated rings. The fraction of sp³-hybridized carbons (Fsp3) is 0.286. The highest BCUT2D eigenvalue weighted by molar-refractivity contribution is 5.90. The van der Waals surface area contributed by atoms with Gasteiger partial charge in [0.1, 0.15) is 12.1 Å². The van der Waals surface area contributed by atoms with Crippen molar-refractivity contribution in [1.82, 2.24) is 10.6 Å². The first kappa shape index (κ1) is 20.2. The van der Waals surface area contributed by atoms with Gasteiger partial charge in [0.05, 0.1) is 0 Å². The first-order valence-electron chi connectivity index (χ1n) is 8.75. The van der Waals surface area contributed by atoms with Crippen molar-refractivity contribution in [1.29, 1.82) is 0 Å². The quantitative estimate of drug-likeness (QED) is 0.663. The van der Waals surface area contributed by atoms with E-state index in [1.807, 2.05) is 61.5 Å². The van der Waals surface area contributed by atoms with Crippen LogP contribution < -0.4 is 10.6 Å². The maximum Gasteiger partial charge on any atom is 0.326 e. The van der Waals surface area contributed by atoms with E-state index in [2.05, 4.69) is 10.6 Å². The molecular weight excluding hydrogens is 344 g/mol.